The molecule has 8 heteroatoms. The number of benzene rings is 1. The lowest BCUT2D eigenvalue weighted by atomic mass is 10.0. The van der Waals surface area contributed by atoms with E-state index in [1.165, 1.54) is 10.9 Å². The van der Waals surface area contributed by atoms with E-state index in [9.17, 15) is 0 Å². The summed E-state index contributed by atoms with van der Waals surface area (Å²) in [5.74, 6) is 1.90. The van der Waals surface area contributed by atoms with Crippen molar-refractivity contribution in [3.05, 3.63) is 88.2 Å². The number of halogens is 1. The normalized spacial score (nSPS) is 15.6. The number of anilines is 1. The summed E-state index contributed by atoms with van der Waals surface area (Å²) in [5, 5.41) is 16.2. The lowest BCUT2D eigenvalue weighted by Crippen LogP contribution is -2.28. The van der Waals surface area contributed by atoms with Crippen molar-refractivity contribution in [2.75, 3.05) is 18.6 Å². The van der Waals surface area contributed by atoms with Crippen LogP contribution in [0.5, 0.6) is 0 Å². The number of amidine groups is 1. The van der Waals surface area contributed by atoms with Crippen molar-refractivity contribution < 1.29 is 0 Å². The molecule has 0 spiro atoms. The zero-order chi connectivity index (χ0) is 27.1. The van der Waals surface area contributed by atoms with E-state index in [2.05, 4.69) is 83.8 Å². The minimum atomic E-state index is -1.31. The van der Waals surface area contributed by atoms with E-state index < -0.39 is 6.89 Å². The summed E-state index contributed by atoms with van der Waals surface area (Å²) in [5.41, 5.74) is 5.36. The number of nitrogens with one attached hydrogen (secondary N) is 3. The van der Waals surface area contributed by atoms with Gasteiger partial charge in [-0.15, -0.1) is 0 Å². The number of nitrogens with zero attached hydrogens (tertiary/aromatic N) is 3. The van der Waals surface area contributed by atoms with Crippen molar-refractivity contribution in [2.24, 2.45) is 9.98 Å². The first kappa shape index (κ1) is 27.5. The third-order valence-corrected chi connectivity index (χ3v) is 8.09. The average Bonchev–Trinajstić information content (AvgIpc) is 3.30. The predicted octanol–water partition coefficient (Wildman–Crippen LogP) is 6.82. The van der Waals surface area contributed by atoms with Crippen LogP contribution < -0.4 is 15.9 Å². The highest BCUT2D eigenvalue weighted by Gasteiger charge is 2.15. The quantitative estimate of drug-likeness (QED) is 0.286. The van der Waals surface area contributed by atoms with Crippen LogP contribution in [-0.4, -0.2) is 41.6 Å². The Bertz CT molecular complexity index is 1440. The Labute approximate surface area is 231 Å². The van der Waals surface area contributed by atoms with Gasteiger partial charge in [0.25, 0.3) is 0 Å². The van der Waals surface area contributed by atoms with Crippen molar-refractivity contribution in [2.45, 2.75) is 39.5 Å². The number of rotatable bonds is 7. The van der Waals surface area contributed by atoms with Crippen molar-refractivity contribution in [1.29, 1.82) is 0 Å². The maximum absolute atomic E-state index is 6.12. The molecule has 1 aliphatic heterocycles. The highest BCUT2D eigenvalue weighted by Crippen LogP contribution is 2.34. The fourth-order valence-corrected chi connectivity index (χ4v) is 5.20. The zero-order valence-electron chi connectivity index (χ0n) is 22.4. The summed E-state index contributed by atoms with van der Waals surface area (Å²) in [6, 6.07) is 20.1. The van der Waals surface area contributed by atoms with Crippen molar-refractivity contribution in [3.8, 4) is 0 Å². The van der Waals surface area contributed by atoms with Crippen LogP contribution in [0.15, 0.2) is 69.8 Å². The van der Waals surface area contributed by atoms with Crippen LogP contribution >= 0.6 is 18.5 Å². The van der Waals surface area contributed by atoms with E-state index >= 15 is 0 Å². The number of hydrogen-bond donors (Lipinski definition) is 3. The van der Waals surface area contributed by atoms with Crippen molar-refractivity contribution in [3.63, 3.8) is 0 Å². The molecule has 0 atom stereocenters. The molecule has 3 aromatic rings. The summed E-state index contributed by atoms with van der Waals surface area (Å²) in [6.45, 7) is 7.25. The van der Waals surface area contributed by atoms with Gasteiger partial charge in [0.2, 0.25) is 5.96 Å². The molecular formula is C30H34ClN6P. The van der Waals surface area contributed by atoms with Crippen molar-refractivity contribution >= 4 is 59.5 Å². The Morgan fingerprint density at radius 3 is 2.68 bits per heavy atom. The number of aliphatic imine (C=N–C) groups is 2. The second kappa shape index (κ2) is 12.3. The van der Waals surface area contributed by atoms with E-state index in [1.807, 2.05) is 37.3 Å². The maximum Gasteiger partial charge on any atom is 0.230 e. The van der Waals surface area contributed by atoms with Gasteiger partial charge in [0, 0.05) is 23.9 Å². The highest BCUT2D eigenvalue weighted by molar-refractivity contribution is 7.79. The Hall–Kier alpha value is -3.52. The van der Waals surface area contributed by atoms with Gasteiger partial charge in [0.05, 0.1) is 10.7 Å². The number of aromatic nitrogens is 2. The molecule has 0 bridgehead atoms. The molecule has 0 aliphatic carbocycles. The largest absolute Gasteiger partial charge is 0.344 e. The van der Waals surface area contributed by atoms with Gasteiger partial charge < -0.3 is 10.6 Å². The second-order valence-electron chi connectivity index (χ2n) is 9.90. The molecule has 38 heavy (non-hydrogen) atoms. The molecule has 6 nitrogen and oxygen atoms in total. The van der Waals surface area contributed by atoms with Crippen LogP contribution in [0.1, 0.15) is 44.4 Å². The molecule has 0 radical (unpaired) electrons. The highest BCUT2D eigenvalue weighted by atomic mass is 35.5. The van der Waals surface area contributed by atoms with E-state index in [0.29, 0.717) is 16.8 Å². The molecule has 1 aromatic heterocycles. The zero-order valence-corrected chi connectivity index (χ0v) is 24.0. The maximum atomic E-state index is 6.12. The summed E-state index contributed by atoms with van der Waals surface area (Å²) >= 11 is 6.12. The van der Waals surface area contributed by atoms with E-state index in [4.69, 9.17) is 21.6 Å². The standard InChI is InChI=1S/C30H34ClN6P/c1-6-8-25-20-29(37-36-25)35-30-33-27(17-12-22-9-7-10-23(31)19-22)21(2)11-18-28(34-30)32-24-13-15-26(16-14-24)38(3,4)5/h6,8-9,13-16,19-20H,3,11-12,17-18H2,1-2,4-5H3,(H3,32,33,34,35,36,37)/b8-6+,27-21?. The van der Waals surface area contributed by atoms with Gasteiger partial charge in [0.1, 0.15) is 5.84 Å². The third kappa shape index (κ3) is 7.74. The molecule has 0 unspecified atom stereocenters. The van der Waals surface area contributed by atoms with E-state index in [0.717, 1.165) is 54.2 Å². The Morgan fingerprint density at radius 2 is 1.97 bits per heavy atom. The predicted molar refractivity (Wildman–Crippen MR) is 166 cm³/mol. The number of allylic oxidation sites excluding steroid dienone is 3. The second-order valence-corrected chi connectivity index (χ2v) is 14.2. The molecule has 0 fully saturated rings. The van der Waals surface area contributed by atoms with Crippen LogP contribution in [0.25, 0.3) is 6.08 Å². The molecule has 1 aliphatic rings. The number of aryl methyl sites for hydroxylation is 1. The molecule has 0 saturated carbocycles. The first-order valence-electron chi connectivity index (χ1n) is 12.6. The number of guanidine groups is 1. The molecular weight excluding hydrogens is 511 g/mol. The Kier molecular flexibility index (Phi) is 8.94. The first-order valence-corrected chi connectivity index (χ1v) is 15.9. The minimum absolute atomic E-state index is 0.493. The van der Waals surface area contributed by atoms with Crippen LogP contribution in [0.2, 0.25) is 5.02 Å². The summed E-state index contributed by atoms with van der Waals surface area (Å²) < 4.78 is 0. The lowest BCUT2D eigenvalue weighted by Gasteiger charge is -2.20. The van der Waals surface area contributed by atoms with Gasteiger partial charge in [0.15, 0.2) is 5.82 Å². The van der Waals surface area contributed by atoms with Gasteiger partial charge in [-0.3, -0.25) is 5.10 Å². The monoisotopic (exact) mass is 544 g/mol. The molecule has 4 rings (SSSR count). The average molecular weight is 545 g/mol. The molecule has 3 N–H and O–H groups in total. The Morgan fingerprint density at radius 1 is 1.18 bits per heavy atom. The Balaban J connectivity index is 1.60. The summed E-state index contributed by atoms with van der Waals surface area (Å²) in [7, 11) is 0. The van der Waals surface area contributed by atoms with Gasteiger partial charge in [-0.1, -0.05) is 54.6 Å². The van der Waals surface area contributed by atoms with E-state index in [1.54, 1.807) is 0 Å². The smallest absolute Gasteiger partial charge is 0.230 e. The summed E-state index contributed by atoms with van der Waals surface area (Å²) in [6.07, 6.45) is 11.5. The van der Waals surface area contributed by atoms with Crippen LogP contribution in [0.3, 0.4) is 0 Å². The molecule has 2 aromatic carbocycles. The number of H-pyrrole nitrogens is 1. The van der Waals surface area contributed by atoms with Crippen LogP contribution in [0, 0.1) is 12.1 Å². The molecule has 0 saturated heterocycles. The van der Waals surface area contributed by atoms with Gasteiger partial charge in [-0.2, -0.15) is 15.1 Å². The van der Waals surface area contributed by atoms with Crippen molar-refractivity contribution in [1.82, 2.24) is 15.5 Å². The fourth-order valence-electron chi connectivity index (χ4n) is 4.05. The first-order chi connectivity index (χ1) is 18.2. The third-order valence-electron chi connectivity index (χ3n) is 6.19. The fraction of sp³-hybridized carbons (Fsp3) is 0.267. The SMILES string of the molecule is C=P(C)(C)c1ccc(NC2=NC(=Nc3cc(/C=C/C)[nH]n3)NC(CCc3cc#cc(Cl)c3)=C(C)CC2)cc1. The topological polar surface area (TPSA) is 77.5 Å². The number of aromatic amines is 1. The number of hydrogen-bond acceptors (Lipinski definition) is 3. The minimum Gasteiger partial charge on any atom is -0.344 e. The van der Waals surface area contributed by atoms with Gasteiger partial charge in [-0.25, -0.2) is 0 Å². The molecule has 0 amide bonds. The van der Waals surface area contributed by atoms with Gasteiger partial charge in [-0.05, 0) is 93.7 Å². The lowest BCUT2D eigenvalue weighted by molar-refractivity contribution is 0.823. The molecule has 2 heterocycles. The van der Waals surface area contributed by atoms with Gasteiger partial charge >= 0.3 is 0 Å². The van der Waals surface area contributed by atoms with E-state index in [-0.39, 0.29) is 0 Å². The molecule has 196 valence electrons. The van der Waals surface area contributed by atoms with Crippen LogP contribution in [-0.2, 0) is 6.42 Å². The van der Waals surface area contributed by atoms with Crippen LogP contribution in [0.4, 0.5) is 11.5 Å². The summed E-state index contributed by atoms with van der Waals surface area (Å²) in [4.78, 5) is 9.65.